The number of rotatable bonds is 6. The third-order valence-corrected chi connectivity index (χ3v) is 7.00. The number of carbonyl (C=O) groups is 3. The summed E-state index contributed by atoms with van der Waals surface area (Å²) in [6, 6.07) is 11.9. The molecule has 0 bridgehead atoms. The predicted octanol–water partition coefficient (Wildman–Crippen LogP) is 3.48. The van der Waals surface area contributed by atoms with Crippen LogP contribution in [0.2, 0.25) is 0 Å². The third-order valence-electron chi connectivity index (χ3n) is 6.05. The van der Waals surface area contributed by atoms with E-state index in [0.29, 0.717) is 31.9 Å². The number of hydrogen-bond donors (Lipinski definition) is 1. The predicted molar refractivity (Wildman–Crippen MR) is 132 cm³/mol. The van der Waals surface area contributed by atoms with Crippen LogP contribution < -0.4 is 5.32 Å². The van der Waals surface area contributed by atoms with Crippen molar-refractivity contribution in [2.24, 2.45) is 0 Å². The first-order valence-corrected chi connectivity index (χ1v) is 12.4. The average Bonchev–Trinajstić information content (AvgIpc) is 3.41. The van der Waals surface area contributed by atoms with E-state index in [1.165, 1.54) is 5.56 Å². The number of benzene rings is 1. The number of ether oxygens (including phenoxy) is 1. The minimum absolute atomic E-state index is 0.0334. The van der Waals surface area contributed by atoms with Gasteiger partial charge in [-0.1, -0.05) is 29.8 Å². The van der Waals surface area contributed by atoms with Gasteiger partial charge in [0, 0.05) is 37.6 Å². The zero-order chi connectivity index (χ0) is 24.2. The number of aryl methyl sites for hydroxylation is 1. The van der Waals surface area contributed by atoms with Crippen LogP contribution in [0.15, 0.2) is 41.8 Å². The van der Waals surface area contributed by atoms with E-state index >= 15 is 0 Å². The lowest BCUT2D eigenvalue weighted by molar-refractivity contribution is -0.141. The molecule has 3 heterocycles. The largest absolute Gasteiger partial charge is 0.465 e. The molecule has 0 radical (unpaired) electrons. The van der Waals surface area contributed by atoms with E-state index < -0.39 is 5.97 Å². The summed E-state index contributed by atoms with van der Waals surface area (Å²) in [5, 5.41) is 5.71. The molecule has 9 heteroatoms. The standard InChI is InChI=1S/C25H30N4O4S/c1-4-33-22(30)14-26-25(32)28-11-10-27(15-18(28)3)23(31)21-13-20-9-12-34-24(20)29(21)16-19-7-5-17(2)6-8-19/h5-9,12-13,18H,4,10-11,14-16H2,1-3H3,(H,26,32)/t18-/m0/s1. The Kier molecular flexibility index (Phi) is 7.21. The van der Waals surface area contributed by atoms with Crippen LogP contribution in [0, 0.1) is 6.92 Å². The molecule has 1 fully saturated rings. The summed E-state index contributed by atoms with van der Waals surface area (Å²) in [4.78, 5) is 42.2. The second-order valence-corrected chi connectivity index (χ2v) is 9.43. The highest BCUT2D eigenvalue weighted by Gasteiger charge is 2.32. The Morgan fingerprint density at radius 3 is 2.62 bits per heavy atom. The molecule has 3 aromatic rings. The normalized spacial score (nSPS) is 16.0. The smallest absolute Gasteiger partial charge is 0.325 e. The summed E-state index contributed by atoms with van der Waals surface area (Å²) < 4.78 is 6.95. The zero-order valence-electron chi connectivity index (χ0n) is 19.7. The van der Waals surface area contributed by atoms with Crippen LogP contribution in [-0.2, 0) is 16.1 Å². The number of hydrogen-bond acceptors (Lipinski definition) is 5. The van der Waals surface area contributed by atoms with Gasteiger partial charge < -0.3 is 24.4 Å². The highest BCUT2D eigenvalue weighted by Crippen LogP contribution is 2.28. The van der Waals surface area contributed by atoms with Crippen molar-refractivity contribution >= 4 is 39.5 Å². The Balaban J connectivity index is 1.46. The van der Waals surface area contributed by atoms with Gasteiger partial charge in [0.2, 0.25) is 0 Å². The van der Waals surface area contributed by atoms with Gasteiger partial charge in [0.1, 0.15) is 17.1 Å². The van der Waals surface area contributed by atoms with E-state index in [9.17, 15) is 14.4 Å². The summed E-state index contributed by atoms with van der Waals surface area (Å²) in [6.07, 6.45) is 0. The number of nitrogens with zero attached hydrogens (tertiary/aromatic N) is 3. The number of piperazine rings is 1. The maximum Gasteiger partial charge on any atom is 0.325 e. The lowest BCUT2D eigenvalue weighted by Crippen LogP contribution is -2.58. The molecule has 34 heavy (non-hydrogen) atoms. The lowest BCUT2D eigenvalue weighted by Gasteiger charge is -2.39. The van der Waals surface area contributed by atoms with Crippen LogP contribution in [0.5, 0.6) is 0 Å². The van der Waals surface area contributed by atoms with Crippen molar-refractivity contribution in [3.63, 3.8) is 0 Å². The topological polar surface area (TPSA) is 83.9 Å². The second kappa shape index (κ2) is 10.3. The fourth-order valence-electron chi connectivity index (χ4n) is 4.25. The molecule has 3 amide bonds. The quantitative estimate of drug-likeness (QED) is 0.546. The van der Waals surface area contributed by atoms with E-state index in [4.69, 9.17) is 4.74 Å². The molecule has 8 nitrogen and oxygen atoms in total. The number of fused-ring (bicyclic) bond motifs is 1. The van der Waals surface area contributed by atoms with Gasteiger partial charge in [0.05, 0.1) is 6.61 Å². The van der Waals surface area contributed by atoms with Crippen LogP contribution in [0.25, 0.3) is 10.2 Å². The van der Waals surface area contributed by atoms with Gasteiger partial charge in [-0.3, -0.25) is 9.59 Å². The van der Waals surface area contributed by atoms with E-state index in [-0.39, 0.29) is 31.1 Å². The summed E-state index contributed by atoms with van der Waals surface area (Å²) in [7, 11) is 0. The Hall–Kier alpha value is -3.33. The number of urea groups is 1. The molecule has 1 aromatic carbocycles. The Labute approximate surface area is 203 Å². The van der Waals surface area contributed by atoms with Crippen LogP contribution in [-0.4, -0.2) is 71.1 Å². The average molecular weight is 483 g/mol. The highest BCUT2D eigenvalue weighted by molar-refractivity contribution is 7.16. The minimum atomic E-state index is -0.466. The van der Waals surface area contributed by atoms with Gasteiger partial charge in [-0.25, -0.2) is 4.79 Å². The maximum absolute atomic E-state index is 13.6. The SMILES string of the molecule is CCOC(=O)CNC(=O)N1CCN(C(=O)c2cc3ccsc3n2Cc2ccc(C)cc2)C[C@@H]1C. The van der Waals surface area contributed by atoms with Gasteiger partial charge in [-0.05, 0) is 43.8 Å². The van der Waals surface area contributed by atoms with Crippen molar-refractivity contribution in [3.05, 3.63) is 58.6 Å². The van der Waals surface area contributed by atoms with Crippen molar-refractivity contribution in [1.29, 1.82) is 0 Å². The number of thiophene rings is 1. The van der Waals surface area contributed by atoms with Gasteiger partial charge in [-0.15, -0.1) is 11.3 Å². The first-order valence-electron chi connectivity index (χ1n) is 11.5. The van der Waals surface area contributed by atoms with Gasteiger partial charge >= 0.3 is 12.0 Å². The minimum Gasteiger partial charge on any atom is -0.465 e. The molecule has 180 valence electrons. The molecule has 1 N–H and O–H groups in total. The van der Waals surface area contributed by atoms with Gasteiger partial charge in [-0.2, -0.15) is 0 Å². The summed E-state index contributed by atoms with van der Waals surface area (Å²) in [6.45, 7) is 7.67. The zero-order valence-corrected chi connectivity index (χ0v) is 20.6. The molecule has 1 aliphatic heterocycles. The van der Waals surface area contributed by atoms with Crippen molar-refractivity contribution in [2.45, 2.75) is 33.4 Å². The van der Waals surface area contributed by atoms with E-state index in [1.807, 2.05) is 29.3 Å². The van der Waals surface area contributed by atoms with E-state index in [0.717, 1.165) is 15.8 Å². The van der Waals surface area contributed by atoms with Crippen molar-refractivity contribution in [2.75, 3.05) is 32.8 Å². The molecule has 0 spiro atoms. The Bertz CT molecular complexity index is 1180. The lowest BCUT2D eigenvalue weighted by atomic mass is 10.1. The fraction of sp³-hybridized carbons (Fsp3) is 0.400. The highest BCUT2D eigenvalue weighted by atomic mass is 32.1. The summed E-state index contributed by atoms with van der Waals surface area (Å²) in [5.41, 5.74) is 3.00. The van der Waals surface area contributed by atoms with Crippen LogP contribution >= 0.6 is 11.3 Å². The maximum atomic E-state index is 13.6. The molecule has 1 saturated heterocycles. The molecule has 0 saturated carbocycles. The molecule has 1 atom stereocenters. The molecule has 4 rings (SSSR count). The van der Waals surface area contributed by atoms with Crippen LogP contribution in [0.4, 0.5) is 4.79 Å². The van der Waals surface area contributed by atoms with Gasteiger partial charge in [0.25, 0.3) is 5.91 Å². The third kappa shape index (κ3) is 5.09. The number of carbonyl (C=O) groups excluding carboxylic acids is 3. The monoisotopic (exact) mass is 482 g/mol. The number of aromatic nitrogens is 1. The van der Waals surface area contributed by atoms with Crippen LogP contribution in [0.3, 0.4) is 0 Å². The number of amides is 3. The molecule has 0 aliphatic carbocycles. The van der Waals surface area contributed by atoms with Gasteiger partial charge in [0.15, 0.2) is 0 Å². The first kappa shape index (κ1) is 23.8. The molecule has 1 aliphatic rings. The first-order chi connectivity index (χ1) is 16.4. The molecular weight excluding hydrogens is 452 g/mol. The molecule has 0 unspecified atom stereocenters. The molecular formula is C25H30N4O4S. The second-order valence-electron chi connectivity index (χ2n) is 8.54. The van der Waals surface area contributed by atoms with Crippen molar-refractivity contribution < 1.29 is 19.1 Å². The molecule has 2 aromatic heterocycles. The summed E-state index contributed by atoms with van der Waals surface area (Å²) >= 11 is 1.63. The van der Waals surface area contributed by atoms with Crippen molar-refractivity contribution in [1.82, 2.24) is 19.7 Å². The fourth-order valence-corrected chi connectivity index (χ4v) is 5.15. The van der Waals surface area contributed by atoms with Crippen molar-refractivity contribution in [3.8, 4) is 0 Å². The Morgan fingerprint density at radius 2 is 1.91 bits per heavy atom. The number of esters is 1. The van der Waals surface area contributed by atoms with Crippen LogP contribution in [0.1, 0.15) is 35.5 Å². The van der Waals surface area contributed by atoms with E-state index in [1.54, 1.807) is 23.2 Å². The Morgan fingerprint density at radius 1 is 1.15 bits per heavy atom. The number of nitrogens with one attached hydrogen (secondary N) is 1. The van der Waals surface area contributed by atoms with E-state index in [2.05, 4.69) is 41.1 Å². The summed E-state index contributed by atoms with van der Waals surface area (Å²) in [5.74, 6) is -0.499.